The van der Waals surface area contributed by atoms with Crippen molar-refractivity contribution in [1.29, 1.82) is 0 Å². The number of nitrogens with two attached hydrogens (primary N) is 1. The Bertz CT molecular complexity index is 846. The summed E-state index contributed by atoms with van der Waals surface area (Å²) in [5.41, 5.74) is 7.09. The summed E-state index contributed by atoms with van der Waals surface area (Å²) in [6.07, 6.45) is 5.27. The lowest BCUT2D eigenvalue weighted by Crippen LogP contribution is -2.65. The second-order valence-corrected chi connectivity index (χ2v) is 11.5. The van der Waals surface area contributed by atoms with Crippen LogP contribution in [0.1, 0.15) is 52.0 Å². The van der Waals surface area contributed by atoms with E-state index in [1.54, 1.807) is 0 Å². The van der Waals surface area contributed by atoms with Gasteiger partial charge < -0.3 is 25.1 Å². The lowest BCUT2D eigenvalue weighted by atomic mass is 9.43. The molecule has 5 aliphatic rings. The van der Waals surface area contributed by atoms with E-state index in [-0.39, 0.29) is 28.8 Å². The molecule has 1 amide bonds. The summed E-state index contributed by atoms with van der Waals surface area (Å²) in [6.45, 7) is 8.89. The molecule has 0 spiro atoms. The molecule has 1 aromatic rings. The molecule has 2 aliphatic heterocycles. The molecule has 1 aromatic carbocycles. The minimum atomic E-state index is -0.469. The molecular formula is C26H39BN2O4. The smallest absolute Gasteiger partial charge is 0.405 e. The Hall–Kier alpha value is -1.41. The SMILES string of the molecule is CC1(C)[C@@H]2C[C@H]3OB([C@@H](Cc4ccccc4)C(COC[C@H]4CCCN4)C(N)=O)O[C@@]3(C)[C@H]1C2. The molecule has 2 heterocycles. The third-order valence-electron chi connectivity index (χ3n) is 9.29. The van der Waals surface area contributed by atoms with Crippen LogP contribution in [-0.2, 0) is 25.3 Å². The van der Waals surface area contributed by atoms with Crippen molar-refractivity contribution in [2.75, 3.05) is 19.8 Å². The Morgan fingerprint density at radius 3 is 2.73 bits per heavy atom. The molecule has 5 fully saturated rings. The van der Waals surface area contributed by atoms with Gasteiger partial charge in [-0.05, 0) is 68.4 Å². The average molecular weight is 454 g/mol. The summed E-state index contributed by atoms with van der Waals surface area (Å²) in [5, 5.41) is 3.45. The van der Waals surface area contributed by atoms with E-state index in [1.807, 2.05) is 18.2 Å². The Balaban J connectivity index is 1.35. The quantitative estimate of drug-likeness (QED) is 0.560. The number of rotatable bonds is 9. The Morgan fingerprint density at radius 1 is 1.27 bits per heavy atom. The number of benzene rings is 1. The zero-order valence-corrected chi connectivity index (χ0v) is 20.3. The van der Waals surface area contributed by atoms with Gasteiger partial charge in [0.05, 0.1) is 30.8 Å². The van der Waals surface area contributed by atoms with Crippen molar-refractivity contribution in [3.8, 4) is 0 Å². The maximum Gasteiger partial charge on any atom is 0.462 e. The van der Waals surface area contributed by atoms with Crippen LogP contribution in [0.2, 0.25) is 5.82 Å². The lowest BCUT2D eigenvalue weighted by Gasteiger charge is -2.64. The molecular weight excluding hydrogens is 415 g/mol. The second-order valence-electron chi connectivity index (χ2n) is 11.5. The van der Waals surface area contributed by atoms with Crippen molar-refractivity contribution in [3.05, 3.63) is 35.9 Å². The molecule has 2 saturated heterocycles. The third-order valence-corrected chi connectivity index (χ3v) is 9.29. The topological polar surface area (TPSA) is 82.8 Å². The second kappa shape index (κ2) is 8.99. The lowest BCUT2D eigenvalue weighted by molar-refractivity contribution is -0.199. The first-order chi connectivity index (χ1) is 15.8. The Labute approximate surface area is 198 Å². The molecule has 2 bridgehead atoms. The highest BCUT2D eigenvalue weighted by atomic mass is 16.7. The van der Waals surface area contributed by atoms with Gasteiger partial charge in [-0.15, -0.1) is 0 Å². The van der Waals surface area contributed by atoms with Crippen molar-refractivity contribution < 1.29 is 18.8 Å². The maximum absolute atomic E-state index is 12.7. The number of carbonyl (C=O) groups is 1. The number of hydrogen-bond donors (Lipinski definition) is 2. The zero-order chi connectivity index (χ0) is 23.2. The summed E-state index contributed by atoms with van der Waals surface area (Å²) in [7, 11) is -0.457. The van der Waals surface area contributed by atoms with Crippen molar-refractivity contribution in [2.45, 2.75) is 76.4 Å². The standard InChI is InChI=1S/C26H39BN2O4/c1-25(2)18-13-22(25)26(3)23(14-18)32-27(33-26)21(12-17-8-5-4-6-9-17)20(24(28)30)16-31-15-19-10-7-11-29-19/h4-6,8-9,18-23,29H,7,10-16H2,1-3H3,(H2,28,30)/t18-,19+,20?,21-,22-,23+,26-/m0/s1. The van der Waals surface area contributed by atoms with E-state index in [0.717, 1.165) is 24.9 Å². The number of primary amides is 1. The summed E-state index contributed by atoms with van der Waals surface area (Å²) in [5.74, 6) is 0.164. The fourth-order valence-corrected chi connectivity index (χ4v) is 7.05. The van der Waals surface area contributed by atoms with E-state index >= 15 is 0 Å². The van der Waals surface area contributed by atoms with Gasteiger partial charge in [0.2, 0.25) is 5.91 Å². The average Bonchev–Trinajstić information content (AvgIpc) is 3.42. The molecule has 7 atom stereocenters. The largest absolute Gasteiger partial charge is 0.462 e. The number of nitrogens with one attached hydrogen (secondary N) is 1. The van der Waals surface area contributed by atoms with Crippen LogP contribution in [0, 0.1) is 23.2 Å². The van der Waals surface area contributed by atoms with Crippen LogP contribution in [0.5, 0.6) is 0 Å². The number of ether oxygens (including phenoxy) is 1. The van der Waals surface area contributed by atoms with Crippen molar-refractivity contribution in [3.63, 3.8) is 0 Å². The van der Waals surface area contributed by atoms with Crippen LogP contribution >= 0.6 is 0 Å². The molecule has 180 valence electrons. The molecule has 3 N–H and O–H groups in total. The van der Waals surface area contributed by atoms with Gasteiger partial charge in [-0.2, -0.15) is 0 Å². The van der Waals surface area contributed by atoms with E-state index in [0.29, 0.717) is 37.5 Å². The maximum atomic E-state index is 12.7. The Kier molecular flexibility index (Phi) is 6.36. The van der Waals surface area contributed by atoms with Gasteiger partial charge in [-0.3, -0.25) is 4.79 Å². The molecule has 7 heteroatoms. The van der Waals surface area contributed by atoms with E-state index in [2.05, 4.69) is 38.2 Å². The Morgan fingerprint density at radius 2 is 2.06 bits per heavy atom. The van der Waals surface area contributed by atoms with E-state index in [9.17, 15) is 4.79 Å². The van der Waals surface area contributed by atoms with Crippen molar-refractivity contribution in [2.24, 2.45) is 28.9 Å². The van der Waals surface area contributed by atoms with Crippen LogP contribution in [-0.4, -0.2) is 50.5 Å². The van der Waals surface area contributed by atoms with E-state index < -0.39 is 13.0 Å². The van der Waals surface area contributed by atoms with Crippen LogP contribution < -0.4 is 11.1 Å². The molecule has 6 rings (SSSR count). The minimum Gasteiger partial charge on any atom is -0.405 e. The van der Waals surface area contributed by atoms with Crippen molar-refractivity contribution in [1.82, 2.24) is 5.32 Å². The molecule has 3 aliphatic carbocycles. The van der Waals surface area contributed by atoms with Crippen molar-refractivity contribution >= 4 is 13.0 Å². The first-order valence-electron chi connectivity index (χ1n) is 12.8. The van der Waals surface area contributed by atoms with Gasteiger partial charge in [-0.25, -0.2) is 0 Å². The van der Waals surface area contributed by atoms with Gasteiger partial charge in [0.1, 0.15) is 0 Å². The summed E-state index contributed by atoms with van der Waals surface area (Å²) in [6, 6.07) is 10.6. The van der Waals surface area contributed by atoms with Gasteiger partial charge in [0.25, 0.3) is 0 Å². The molecule has 0 radical (unpaired) electrons. The summed E-state index contributed by atoms with van der Waals surface area (Å²) < 4.78 is 19.4. The highest BCUT2D eigenvalue weighted by Gasteiger charge is 2.68. The molecule has 1 unspecified atom stereocenters. The summed E-state index contributed by atoms with van der Waals surface area (Å²) in [4.78, 5) is 12.7. The predicted molar refractivity (Wildman–Crippen MR) is 129 cm³/mol. The molecule has 33 heavy (non-hydrogen) atoms. The van der Waals surface area contributed by atoms with Crippen LogP contribution in [0.4, 0.5) is 0 Å². The predicted octanol–water partition coefficient (Wildman–Crippen LogP) is 3.20. The van der Waals surface area contributed by atoms with Crippen LogP contribution in [0.25, 0.3) is 0 Å². The molecule has 6 nitrogen and oxygen atoms in total. The van der Waals surface area contributed by atoms with Gasteiger partial charge >= 0.3 is 7.12 Å². The molecule has 3 saturated carbocycles. The monoisotopic (exact) mass is 454 g/mol. The fourth-order valence-electron chi connectivity index (χ4n) is 7.05. The fraction of sp³-hybridized carbons (Fsp3) is 0.731. The minimum absolute atomic E-state index is 0.0784. The number of carbonyl (C=O) groups excluding carboxylic acids is 1. The van der Waals surface area contributed by atoms with E-state index in [4.69, 9.17) is 19.8 Å². The number of amides is 1. The summed E-state index contributed by atoms with van der Waals surface area (Å²) >= 11 is 0. The van der Waals surface area contributed by atoms with Gasteiger partial charge in [0, 0.05) is 11.9 Å². The molecule has 0 aromatic heterocycles. The first kappa shape index (κ1) is 23.3. The van der Waals surface area contributed by atoms with Gasteiger partial charge in [0.15, 0.2) is 0 Å². The highest BCUT2D eigenvalue weighted by molar-refractivity contribution is 6.48. The first-order valence-corrected chi connectivity index (χ1v) is 12.8. The highest BCUT2D eigenvalue weighted by Crippen LogP contribution is 2.66. The van der Waals surface area contributed by atoms with Crippen LogP contribution in [0.3, 0.4) is 0 Å². The van der Waals surface area contributed by atoms with E-state index in [1.165, 1.54) is 12.8 Å². The van der Waals surface area contributed by atoms with Gasteiger partial charge in [-0.1, -0.05) is 44.2 Å². The third kappa shape index (κ3) is 4.26. The zero-order valence-electron chi connectivity index (χ0n) is 20.3. The van der Waals surface area contributed by atoms with Crippen LogP contribution in [0.15, 0.2) is 30.3 Å². The number of hydrogen-bond acceptors (Lipinski definition) is 5. The normalized spacial score (nSPS) is 36.2.